The second kappa shape index (κ2) is 3.95. The van der Waals surface area contributed by atoms with Gasteiger partial charge < -0.3 is 5.11 Å². The van der Waals surface area contributed by atoms with E-state index in [4.69, 9.17) is 5.11 Å². The first-order valence-electron chi connectivity index (χ1n) is 4.58. The lowest BCUT2D eigenvalue weighted by Gasteiger charge is -2.06. The molecule has 15 heavy (non-hydrogen) atoms. The second-order valence-electron chi connectivity index (χ2n) is 3.35. The summed E-state index contributed by atoms with van der Waals surface area (Å²) in [5.41, 5.74) is 0.713. The Bertz CT molecular complexity index is 508. The highest BCUT2D eigenvalue weighted by Crippen LogP contribution is 2.24. The average molecular weight is 218 g/mol. The van der Waals surface area contributed by atoms with E-state index in [-0.39, 0.29) is 0 Å². The number of thiol groups is 1. The SMILES string of the molecule is O=C(O)[C@H](S)c1ccc2ccccc2c1. The maximum absolute atomic E-state index is 10.8. The molecule has 0 heterocycles. The van der Waals surface area contributed by atoms with Gasteiger partial charge in [0.1, 0.15) is 5.25 Å². The first-order valence-corrected chi connectivity index (χ1v) is 5.10. The summed E-state index contributed by atoms with van der Waals surface area (Å²) in [4.78, 5) is 10.8. The van der Waals surface area contributed by atoms with Crippen molar-refractivity contribution in [3.8, 4) is 0 Å². The Morgan fingerprint density at radius 3 is 2.47 bits per heavy atom. The van der Waals surface area contributed by atoms with Crippen molar-refractivity contribution in [2.45, 2.75) is 5.25 Å². The van der Waals surface area contributed by atoms with Gasteiger partial charge in [0.15, 0.2) is 0 Å². The van der Waals surface area contributed by atoms with E-state index in [1.54, 1.807) is 6.07 Å². The molecule has 0 saturated heterocycles. The standard InChI is InChI=1S/C12H10O2S/c13-12(14)11(15)10-6-5-8-3-1-2-4-9(8)7-10/h1-7,11,15H,(H,13,14)/t11-/m1/s1. The molecule has 0 saturated carbocycles. The van der Waals surface area contributed by atoms with Crippen molar-refractivity contribution < 1.29 is 9.90 Å². The Balaban J connectivity index is 2.51. The second-order valence-corrected chi connectivity index (χ2v) is 3.86. The zero-order valence-electron chi connectivity index (χ0n) is 7.92. The quantitative estimate of drug-likeness (QED) is 0.760. The van der Waals surface area contributed by atoms with Crippen molar-refractivity contribution in [3.05, 3.63) is 48.0 Å². The Morgan fingerprint density at radius 1 is 1.13 bits per heavy atom. The van der Waals surface area contributed by atoms with Crippen molar-refractivity contribution in [2.24, 2.45) is 0 Å². The van der Waals surface area contributed by atoms with Crippen molar-refractivity contribution in [1.29, 1.82) is 0 Å². The lowest BCUT2D eigenvalue weighted by molar-refractivity contribution is -0.136. The van der Waals surface area contributed by atoms with Crippen LogP contribution in [-0.4, -0.2) is 11.1 Å². The number of fused-ring (bicyclic) bond motifs is 1. The van der Waals surface area contributed by atoms with Crippen LogP contribution in [-0.2, 0) is 4.79 Å². The van der Waals surface area contributed by atoms with Crippen LogP contribution in [0.5, 0.6) is 0 Å². The number of carboxylic acids is 1. The van der Waals surface area contributed by atoms with Gasteiger partial charge in [-0.05, 0) is 22.4 Å². The summed E-state index contributed by atoms with van der Waals surface area (Å²) < 4.78 is 0. The molecule has 2 aromatic rings. The molecule has 0 bridgehead atoms. The minimum atomic E-state index is -0.923. The number of hydrogen-bond donors (Lipinski definition) is 2. The predicted octanol–water partition coefficient (Wildman–Crippen LogP) is 2.90. The summed E-state index contributed by atoms with van der Waals surface area (Å²) >= 11 is 4.04. The molecule has 0 unspecified atom stereocenters. The summed E-state index contributed by atoms with van der Waals surface area (Å²) in [7, 11) is 0. The third-order valence-corrected chi connectivity index (χ3v) is 2.84. The molecule has 1 N–H and O–H groups in total. The molecule has 1 atom stereocenters. The van der Waals surface area contributed by atoms with E-state index in [1.165, 1.54) is 0 Å². The molecule has 0 fully saturated rings. The minimum Gasteiger partial charge on any atom is -0.480 e. The zero-order valence-corrected chi connectivity index (χ0v) is 8.82. The largest absolute Gasteiger partial charge is 0.480 e. The third kappa shape index (κ3) is 1.97. The molecule has 76 valence electrons. The lowest BCUT2D eigenvalue weighted by Crippen LogP contribution is -2.04. The van der Waals surface area contributed by atoms with Gasteiger partial charge in [0.05, 0.1) is 0 Å². The summed E-state index contributed by atoms with van der Waals surface area (Å²) in [6, 6.07) is 13.4. The number of benzene rings is 2. The molecule has 3 heteroatoms. The molecule has 0 aliphatic carbocycles. The van der Waals surface area contributed by atoms with E-state index >= 15 is 0 Å². The smallest absolute Gasteiger partial charge is 0.320 e. The van der Waals surface area contributed by atoms with Gasteiger partial charge in [0.2, 0.25) is 0 Å². The summed E-state index contributed by atoms with van der Waals surface area (Å²) in [6.07, 6.45) is 0. The molecule has 2 aromatic carbocycles. The maximum Gasteiger partial charge on any atom is 0.320 e. The number of aliphatic carboxylic acids is 1. The van der Waals surface area contributed by atoms with Gasteiger partial charge in [0.25, 0.3) is 0 Å². The third-order valence-electron chi connectivity index (χ3n) is 2.32. The first kappa shape index (κ1) is 10.1. The van der Waals surface area contributed by atoms with E-state index in [0.29, 0.717) is 5.56 Å². The highest BCUT2D eigenvalue weighted by Gasteiger charge is 2.14. The number of carbonyl (C=O) groups is 1. The molecular weight excluding hydrogens is 208 g/mol. The minimum absolute atomic E-state index is 0.713. The molecule has 0 aliphatic rings. The molecule has 0 amide bonds. The van der Waals surface area contributed by atoms with Crippen molar-refractivity contribution in [3.63, 3.8) is 0 Å². The Labute approximate surface area is 93.0 Å². The van der Waals surface area contributed by atoms with Gasteiger partial charge >= 0.3 is 5.97 Å². The summed E-state index contributed by atoms with van der Waals surface area (Å²) in [5, 5.41) is 10.2. The average Bonchev–Trinajstić information content (AvgIpc) is 2.27. The van der Waals surface area contributed by atoms with Crippen LogP contribution in [0.2, 0.25) is 0 Å². The fourth-order valence-corrected chi connectivity index (χ4v) is 1.68. The summed E-state index contributed by atoms with van der Waals surface area (Å²) in [6.45, 7) is 0. The highest BCUT2D eigenvalue weighted by atomic mass is 32.1. The molecule has 0 spiro atoms. The van der Waals surface area contributed by atoms with Gasteiger partial charge in [-0.15, -0.1) is 0 Å². The monoisotopic (exact) mass is 218 g/mol. The van der Waals surface area contributed by atoms with E-state index in [1.807, 2.05) is 36.4 Å². The van der Waals surface area contributed by atoms with Crippen LogP contribution in [0.3, 0.4) is 0 Å². The molecule has 0 aromatic heterocycles. The highest BCUT2D eigenvalue weighted by molar-refractivity contribution is 7.81. The first-order chi connectivity index (χ1) is 7.18. The normalized spacial score (nSPS) is 12.6. The van der Waals surface area contributed by atoms with Crippen LogP contribution in [0.15, 0.2) is 42.5 Å². The van der Waals surface area contributed by atoms with Crippen LogP contribution in [0, 0.1) is 0 Å². The van der Waals surface area contributed by atoms with Crippen LogP contribution in [0.25, 0.3) is 10.8 Å². The lowest BCUT2D eigenvalue weighted by atomic mass is 10.1. The predicted molar refractivity (Wildman–Crippen MR) is 63.3 cm³/mol. The van der Waals surface area contributed by atoms with E-state index in [9.17, 15) is 4.79 Å². The van der Waals surface area contributed by atoms with E-state index in [2.05, 4.69) is 12.6 Å². The van der Waals surface area contributed by atoms with Crippen molar-refractivity contribution in [1.82, 2.24) is 0 Å². The molecule has 0 aliphatic heterocycles. The van der Waals surface area contributed by atoms with Crippen LogP contribution in [0.4, 0.5) is 0 Å². The fourth-order valence-electron chi connectivity index (χ4n) is 1.52. The van der Waals surface area contributed by atoms with Gasteiger partial charge in [-0.3, -0.25) is 4.79 Å². The Hall–Kier alpha value is -1.48. The van der Waals surface area contributed by atoms with Gasteiger partial charge in [-0.25, -0.2) is 0 Å². The van der Waals surface area contributed by atoms with Crippen LogP contribution < -0.4 is 0 Å². The van der Waals surface area contributed by atoms with E-state index < -0.39 is 11.2 Å². The maximum atomic E-state index is 10.8. The number of rotatable bonds is 2. The van der Waals surface area contributed by atoms with Gasteiger partial charge in [0, 0.05) is 0 Å². The molecular formula is C12H10O2S. The van der Waals surface area contributed by atoms with Crippen LogP contribution in [0.1, 0.15) is 10.8 Å². The topological polar surface area (TPSA) is 37.3 Å². The Kier molecular flexibility index (Phi) is 2.64. The van der Waals surface area contributed by atoms with Crippen molar-refractivity contribution >= 4 is 29.4 Å². The Morgan fingerprint density at radius 2 is 1.80 bits per heavy atom. The number of hydrogen-bond acceptors (Lipinski definition) is 2. The zero-order chi connectivity index (χ0) is 10.8. The molecule has 2 nitrogen and oxygen atoms in total. The van der Waals surface area contributed by atoms with Gasteiger partial charge in [-0.1, -0.05) is 36.4 Å². The molecule has 0 radical (unpaired) electrons. The molecule has 2 rings (SSSR count). The summed E-state index contributed by atoms with van der Waals surface area (Å²) in [5.74, 6) is -0.923. The van der Waals surface area contributed by atoms with Crippen LogP contribution >= 0.6 is 12.6 Å². The fraction of sp³-hybridized carbons (Fsp3) is 0.0833. The van der Waals surface area contributed by atoms with Crippen molar-refractivity contribution in [2.75, 3.05) is 0 Å². The van der Waals surface area contributed by atoms with E-state index in [0.717, 1.165) is 10.8 Å². The van der Waals surface area contributed by atoms with Gasteiger partial charge in [-0.2, -0.15) is 12.6 Å². The number of carboxylic acid groups (broad SMARTS) is 1.